The van der Waals surface area contributed by atoms with Crippen LogP contribution < -0.4 is 5.32 Å². The van der Waals surface area contributed by atoms with Crippen LogP contribution in [-0.4, -0.2) is 28.5 Å². The van der Waals surface area contributed by atoms with Gasteiger partial charge in [-0.2, -0.15) is 0 Å². The predicted octanol–water partition coefficient (Wildman–Crippen LogP) is 5.43. The molecule has 3 heteroatoms. The summed E-state index contributed by atoms with van der Waals surface area (Å²) < 4.78 is 0.592. The number of nitrogens with zero attached hydrogens (tertiary/aromatic N) is 1. The van der Waals surface area contributed by atoms with Crippen molar-refractivity contribution in [3.8, 4) is 0 Å². The number of rotatable bonds is 14. The number of unbranched alkanes of at least 4 members (excludes halogenated alkanes) is 10. The fourth-order valence-corrected chi connectivity index (χ4v) is 3.63. The zero-order chi connectivity index (χ0) is 17.7. The van der Waals surface area contributed by atoms with E-state index in [-0.39, 0.29) is 12.4 Å². The van der Waals surface area contributed by atoms with Gasteiger partial charge in [0, 0.05) is 6.92 Å². The topological polar surface area (TPSA) is 32.3 Å². The Labute approximate surface area is 150 Å². The Morgan fingerprint density at radius 1 is 1.00 bits per heavy atom. The molecule has 3 atom stereocenters. The van der Waals surface area contributed by atoms with Crippen LogP contribution in [0.25, 0.3) is 0 Å². The van der Waals surface area contributed by atoms with Gasteiger partial charge in [-0.25, -0.2) is 4.48 Å². The van der Waals surface area contributed by atoms with Crippen molar-refractivity contribution in [3.63, 3.8) is 0 Å². The maximum atomic E-state index is 10.1. The fourth-order valence-electron chi connectivity index (χ4n) is 3.63. The molecule has 1 rings (SSSR count). The second-order valence-corrected chi connectivity index (χ2v) is 7.27. The number of quaternary nitrogens is 1. The Morgan fingerprint density at radius 2 is 1.58 bits per heavy atom. The zero-order valence-corrected chi connectivity index (χ0v) is 16.3. The van der Waals surface area contributed by atoms with Gasteiger partial charge in [-0.1, -0.05) is 70.8 Å². The first-order chi connectivity index (χ1) is 11.7. The van der Waals surface area contributed by atoms with Gasteiger partial charge in [-0.15, -0.1) is 0 Å². The standard InChI is InChI=1S/C21H41N2O/c1-4-6-7-8-9-10-11-12-13-14-15-16-17-21-22-18-19-23(21,5-2)20(3)24/h16-22,24H,4-15H2,1-3H3/q+1/b17-16+. The number of hydrogen-bond donors (Lipinski definition) is 2. The molecule has 0 aromatic heterocycles. The molecule has 0 spiro atoms. The SMILES string of the molecule is CCCCCCCCCCCC/C=C/C1NC=C[N+]1(CC)C(C)O. The summed E-state index contributed by atoms with van der Waals surface area (Å²) in [7, 11) is 0. The third-order valence-electron chi connectivity index (χ3n) is 5.42. The zero-order valence-electron chi connectivity index (χ0n) is 16.3. The lowest BCUT2D eigenvalue weighted by Crippen LogP contribution is -2.56. The third-order valence-corrected chi connectivity index (χ3v) is 5.42. The Morgan fingerprint density at radius 3 is 2.12 bits per heavy atom. The van der Waals surface area contributed by atoms with Gasteiger partial charge >= 0.3 is 0 Å². The Kier molecular flexibility index (Phi) is 11.1. The summed E-state index contributed by atoms with van der Waals surface area (Å²) in [5.41, 5.74) is 0. The average Bonchev–Trinajstić information content (AvgIpc) is 3.00. The van der Waals surface area contributed by atoms with E-state index in [2.05, 4.69) is 37.5 Å². The Hall–Kier alpha value is -0.800. The number of nitrogens with one attached hydrogen (secondary N) is 1. The summed E-state index contributed by atoms with van der Waals surface area (Å²) in [6, 6.07) is 0. The molecule has 0 bridgehead atoms. The number of allylic oxidation sites excluding steroid dienone is 1. The first-order valence-corrected chi connectivity index (χ1v) is 10.3. The third kappa shape index (κ3) is 6.98. The van der Waals surface area contributed by atoms with Gasteiger partial charge in [0.25, 0.3) is 0 Å². The van der Waals surface area contributed by atoms with Gasteiger partial charge in [0.15, 0.2) is 12.4 Å². The fraction of sp³-hybridized carbons (Fsp3) is 0.810. The van der Waals surface area contributed by atoms with E-state index in [9.17, 15) is 5.11 Å². The van der Waals surface area contributed by atoms with Crippen molar-refractivity contribution in [2.75, 3.05) is 6.54 Å². The van der Waals surface area contributed by atoms with Crippen molar-refractivity contribution in [2.45, 2.75) is 104 Å². The molecule has 24 heavy (non-hydrogen) atoms. The molecule has 0 radical (unpaired) electrons. The largest absolute Gasteiger partial charge is 0.345 e. The number of likely N-dealkylation sites (N-methyl/N-ethyl adjacent to an activating group) is 1. The van der Waals surface area contributed by atoms with Gasteiger partial charge in [0.2, 0.25) is 0 Å². The van der Waals surface area contributed by atoms with Crippen LogP contribution in [0.4, 0.5) is 0 Å². The van der Waals surface area contributed by atoms with Crippen LogP contribution in [0.2, 0.25) is 0 Å². The molecular weight excluding hydrogens is 296 g/mol. The van der Waals surface area contributed by atoms with Gasteiger partial charge in [-0.05, 0) is 25.8 Å². The summed E-state index contributed by atoms with van der Waals surface area (Å²) in [5.74, 6) is 0. The molecular formula is C21H41N2O+. The van der Waals surface area contributed by atoms with Crippen LogP contribution in [0.1, 0.15) is 91.4 Å². The molecule has 1 heterocycles. The Bertz CT molecular complexity index is 365. The highest BCUT2D eigenvalue weighted by Crippen LogP contribution is 2.23. The lowest BCUT2D eigenvalue weighted by atomic mass is 10.1. The molecule has 3 unspecified atom stereocenters. The summed E-state index contributed by atoms with van der Waals surface area (Å²) in [4.78, 5) is 0. The first kappa shape index (κ1) is 21.2. The summed E-state index contributed by atoms with van der Waals surface area (Å²) >= 11 is 0. The van der Waals surface area contributed by atoms with Crippen molar-refractivity contribution in [1.82, 2.24) is 5.32 Å². The van der Waals surface area contributed by atoms with Gasteiger partial charge in [-0.3, -0.25) is 0 Å². The molecule has 2 N–H and O–H groups in total. The minimum Gasteiger partial charge on any atom is -0.345 e. The molecule has 0 aliphatic carbocycles. The van der Waals surface area contributed by atoms with E-state index >= 15 is 0 Å². The van der Waals surface area contributed by atoms with Crippen LogP contribution in [0.3, 0.4) is 0 Å². The second kappa shape index (κ2) is 12.5. The monoisotopic (exact) mass is 337 g/mol. The summed E-state index contributed by atoms with van der Waals surface area (Å²) in [5, 5.41) is 13.5. The first-order valence-electron chi connectivity index (χ1n) is 10.3. The van der Waals surface area contributed by atoms with Crippen LogP contribution in [0.5, 0.6) is 0 Å². The van der Waals surface area contributed by atoms with Crippen molar-refractivity contribution in [1.29, 1.82) is 0 Å². The maximum absolute atomic E-state index is 10.1. The quantitative estimate of drug-likeness (QED) is 0.252. The second-order valence-electron chi connectivity index (χ2n) is 7.27. The molecule has 0 fully saturated rings. The number of hydrogen-bond acceptors (Lipinski definition) is 2. The van der Waals surface area contributed by atoms with Crippen molar-refractivity contribution < 1.29 is 9.59 Å². The van der Waals surface area contributed by atoms with E-state index in [0.29, 0.717) is 4.48 Å². The van der Waals surface area contributed by atoms with Gasteiger partial charge in [0.1, 0.15) is 6.20 Å². The molecule has 1 aliphatic rings. The van der Waals surface area contributed by atoms with Crippen LogP contribution in [0.15, 0.2) is 24.6 Å². The lowest BCUT2D eigenvalue weighted by Gasteiger charge is -2.37. The highest BCUT2D eigenvalue weighted by atomic mass is 16.3. The smallest absolute Gasteiger partial charge is 0.193 e. The van der Waals surface area contributed by atoms with Gasteiger partial charge < -0.3 is 10.4 Å². The molecule has 0 aromatic rings. The number of aliphatic hydroxyl groups is 1. The van der Waals surface area contributed by atoms with Crippen LogP contribution in [0, 0.1) is 0 Å². The molecule has 0 aromatic carbocycles. The highest BCUT2D eigenvalue weighted by molar-refractivity contribution is 4.97. The van der Waals surface area contributed by atoms with Crippen molar-refractivity contribution in [2.24, 2.45) is 0 Å². The average molecular weight is 338 g/mol. The van der Waals surface area contributed by atoms with E-state index < -0.39 is 0 Å². The van der Waals surface area contributed by atoms with Crippen LogP contribution in [-0.2, 0) is 0 Å². The van der Waals surface area contributed by atoms with E-state index in [1.165, 1.54) is 64.2 Å². The van der Waals surface area contributed by atoms with E-state index in [4.69, 9.17) is 0 Å². The molecule has 0 amide bonds. The molecule has 0 saturated heterocycles. The Balaban J connectivity index is 2.06. The summed E-state index contributed by atoms with van der Waals surface area (Å²) in [6.07, 6.45) is 23.4. The minimum atomic E-state index is -0.381. The van der Waals surface area contributed by atoms with Crippen molar-refractivity contribution in [3.05, 3.63) is 24.6 Å². The number of aliphatic hydroxyl groups excluding tert-OH is 1. The maximum Gasteiger partial charge on any atom is 0.193 e. The molecule has 140 valence electrons. The lowest BCUT2D eigenvalue weighted by molar-refractivity contribution is -0.935. The normalized spacial score (nSPS) is 24.6. The molecule has 0 saturated carbocycles. The van der Waals surface area contributed by atoms with Crippen molar-refractivity contribution >= 4 is 0 Å². The molecule has 3 nitrogen and oxygen atoms in total. The highest BCUT2D eigenvalue weighted by Gasteiger charge is 2.39. The summed E-state index contributed by atoms with van der Waals surface area (Å²) in [6.45, 7) is 7.19. The van der Waals surface area contributed by atoms with Crippen LogP contribution >= 0.6 is 0 Å². The van der Waals surface area contributed by atoms with Gasteiger partial charge in [0.05, 0.1) is 12.7 Å². The van der Waals surface area contributed by atoms with E-state index in [1.54, 1.807) is 0 Å². The predicted molar refractivity (Wildman–Crippen MR) is 104 cm³/mol. The molecule has 1 aliphatic heterocycles. The minimum absolute atomic E-state index is 0.179. The van der Waals surface area contributed by atoms with E-state index in [0.717, 1.165) is 13.0 Å². The van der Waals surface area contributed by atoms with E-state index in [1.807, 2.05) is 13.1 Å².